The van der Waals surface area contributed by atoms with E-state index < -0.39 is 10.0 Å². The Morgan fingerprint density at radius 3 is 2.74 bits per heavy atom. The predicted octanol–water partition coefficient (Wildman–Crippen LogP) is 2.01. The van der Waals surface area contributed by atoms with E-state index in [9.17, 15) is 8.42 Å². The van der Waals surface area contributed by atoms with Crippen molar-refractivity contribution in [3.8, 4) is 0 Å². The summed E-state index contributed by atoms with van der Waals surface area (Å²) in [4.78, 5) is 0.238. The first-order valence-electron chi connectivity index (χ1n) is 5.73. The second-order valence-corrected chi connectivity index (χ2v) is 6.72. The molecule has 0 bridgehead atoms. The molecule has 0 amide bonds. The summed E-state index contributed by atoms with van der Waals surface area (Å²) in [6.07, 6.45) is 3.46. The molecule has 0 spiro atoms. The molecule has 0 saturated carbocycles. The maximum absolute atomic E-state index is 12.2. The average molecular weight is 344 g/mol. The molecule has 0 aliphatic heterocycles. The van der Waals surface area contributed by atoms with E-state index in [4.69, 9.17) is 0 Å². The highest BCUT2D eigenvalue weighted by Crippen LogP contribution is 2.21. The zero-order chi connectivity index (χ0) is 13.9. The van der Waals surface area contributed by atoms with Gasteiger partial charge >= 0.3 is 0 Å². The van der Waals surface area contributed by atoms with Gasteiger partial charge in [0.2, 0.25) is 10.0 Å². The molecule has 1 N–H and O–H groups in total. The average Bonchev–Trinajstić information content (AvgIpc) is 2.81. The van der Waals surface area contributed by atoms with Crippen molar-refractivity contribution in [1.82, 2.24) is 14.5 Å². The zero-order valence-electron chi connectivity index (χ0n) is 10.3. The molecule has 0 saturated heterocycles. The first-order valence-corrected chi connectivity index (χ1v) is 8.01. The van der Waals surface area contributed by atoms with Gasteiger partial charge in [-0.15, -0.1) is 0 Å². The highest BCUT2D eigenvalue weighted by molar-refractivity contribution is 9.10. The van der Waals surface area contributed by atoms with Crippen molar-refractivity contribution in [2.45, 2.75) is 24.4 Å². The summed E-state index contributed by atoms with van der Waals surface area (Å²) in [6, 6.07) is 8.28. The van der Waals surface area contributed by atoms with Gasteiger partial charge < -0.3 is 0 Å². The number of rotatable bonds is 5. The molecule has 0 fully saturated rings. The van der Waals surface area contributed by atoms with E-state index in [2.05, 4.69) is 25.8 Å². The molecular formula is C12H14BrN3O2S. The maximum atomic E-state index is 12.2. The molecule has 1 aromatic carbocycles. The quantitative estimate of drug-likeness (QED) is 0.903. The van der Waals surface area contributed by atoms with Crippen molar-refractivity contribution in [3.63, 3.8) is 0 Å². The summed E-state index contributed by atoms with van der Waals surface area (Å²) in [7, 11) is -3.53. The standard InChI is InChI=1S/C12H14BrN3O2S/c1-10(9-16-8-4-7-14-16)15-19(17,18)12-6-3-2-5-11(12)13/h2-8,10,15H,9H2,1H3/t10-/m0/s1. The Hall–Kier alpha value is -1.18. The number of halogens is 1. The smallest absolute Gasteiger partial charge is 0.241 e. The van der Waals surface area contributed by atoms with E-state index >= 15 is 0 Å². The van der Waals surface area contributed by atoms with Gasteiger partial charge in [-0.2, -0.15) is 5.10 Å². The van der Waals surface area contributed by atoms with Crippen molar-refractivity contribution >= 4 is 26.0 Å². The molecule has 2 rings (SSSR count). The van der Waals surface area contributed by atoms with Gasteiger partial charge in [0.1, 0.15) is 0 Å². The molecule has 1 atom stereocenters. The van der Waals surface area contributed by atoms with Crippen LogP contribution < -0.4 is 4.72 Å². The highest BCUT2D eigenvalue weighted by Gasteiger charge is 2.19. The van der Waals surface area contributed by atoms with E-state index in [1.807, 2.05) is 0 Å². The van der Waals surface area contributed by atoms with E-state index in [0.717, 1.165) is 0 Å². The molecule has 19 heavy (non-hydrogen) atoms. The topological polar surface area (TPSA) is 64.0 Å². The molecule has 0 unspecified atom stereocenters. The predicted molar refractivity (Wildman–Crippen MR) is 76.2 cm³/mol. The fraction of sp³-hybridized carbons (Fsp3) is 0.250. The van der Waals surface area contributed by atoms with Gasteiger partial charge in [0.05, 0.1) is 11.4 Å². The molecule has 5 nitrogen and oxygen atoms in total. The van der Waals surface area contributed by atoms with Crippen LogP contribution in [-0.2, 0) is 16.6 Å². The van der Waals surface area contributed by atoms with Gasteiger partial charge in [0, 0.05) is 22.9 Å². The summed E-state index contributed by atoms with van der Waals surface area (Å²) in [5.41, 5.74) is 0. The third kappa shape index (κ3) is 3.65. The largest absolute Gasteiger partial charge is 0.271 e. The molecule has 7 heteroatoms. The molecule has 0 aliphatic rings. The third-order valence-electron chi connectivity index (χ3n) is 2.50. The summed E-state index contributed by atoms with van der Waals surface area (Å²) in [6.45, 7) is 2.28. The Balaban J connectivity index is 2.11. The lowest BCUT2D eigenvalue weighted by Crippen LogP contribution is -2.35. The van der Waals surface area contributed by atoms with Gasteiger partial charge in [-0.1, -0.05) is 12.1 Å². The molecule has 2 aromatic rings. The van der Waals surface area contributed by atoms with Gasteiger partial charge in [0.15, 0.2) is 0 Å². The van der Waals surface area contributed by atoms with Crippen LogP contribution in [0.1, 0.15) is 6.92 Å². The zero-order valence-corrected chi connectivity index (χ0v) is 12.7. The number of benzene rings is 1. The maximum Gasteiger partial charge on any atom is 0.241 e. The van der Waals surface area contributed by atoms with Crippen LogP contribution in [0.2, 0.25) is 0 Å². The fourth-order valence-corrected chi connectivity index (χ4v) is 3.96. The number of nitrogens with zero attached hydrogens (tertiary/aromatic N) is 2. The molecule has 102 valence electrons. The van der Waals surface area contributed by atoms with Crippen molar-refractivity contribution in [2.24, 2.45) is 0 Å². The Morgan fingerprint density at radius 1 is 1.37 bits per heavy atom. The van der Waals surface area contributed by atoms with Gasteiger partial charge in [-0.05, 0) is 41.1 Å². The molecule has 1 aromatic heterocycles. The summed E-state index contributed by atoms with van der Waals surface area (Å²) >= 11 is 3.25. The van der Waals surface area contributed by atoms with E-state index in [-0.39, 0.29) is 10.9 Å². The summed E-state index contributed by atoms with van der Waals surface area (Å²) in [5.74, 6) is 0. The minimum absolute atomic E-state index is 0.238. The summed E-state index contributed by atoms with van der Waals surface area (Å²) < 4.78 is 29.3. The number of sulfonamides is 1. The van der Waals surface area contributed by atoms with E-state index in [0.29, 0.717) is 11.0 Å². The molecule has 1 heterocycles. The Kier molecular flexibility index (Phi) is 4.38. The SMILES string of the molecule is C[C@@H](Cn1cccn1)NS(=O)(=O)c1ccccc1Br. The minimum atomic E-state index is -3.53. The highest BCUT2D eigenvalue weighted by atomic mass is 79.9. The lowest BCUT2D eigenvalue weighted by atomic mass is 10.4. The van der Waals surface area contributed by atoms with Gasteiger partial charge in [-0.3, -0.25) is 4.68 Å². The van der Waals surface area contributed by atoms with Gasteiger partial charge in [-0.25, -0.2) is 13.1 Å². The second-order valence-electron chi connectivity index (χ2n) is 4.18. The van der Waals surface area contributed by atoms with Crippen LogP contribution in [0.15, 0.2) is 52.1 Å². The Labute approximate surface area is 120 Å². The second kappa shape index (κ2) is 5.85. The van der Waals surface area contributed by atoms with E-state index in [1.54, 1.807) is 54.3 Å². The molecule has 0 radical (unpaired) electrons. The first-order chi connectivity index (χ1) is 8.99. The third-order valence-corrected chi connectivity index (χ3v) is 5.10. The first kappa shape index (κ1) is 14.2. The fourth-order valence-electron chi connectivity index (χ4n) is 1.72. The number of nitrogens with one attached hydrogen (secondary N) is 1. The van der Waals surface area contributed by atoms with Crippen molar-refractivity contribution < 1.29 is 8.42 Å². The lowest BCUT2D eigenvalue weighted by Gasteiger charge is -2.15. The number of aromatic nitrogens is 2. The monoisotopic (exact) mass is 343 g/mol. The number of hydrogen-bond acceptors (Lipinski definition) is 3. The van der Waals surface area contributed by atoms with Crippen LogP contribution in [-0.4, -0.2) is 24.2 Å². The minimum Gasteiger partial charge on any atom is -0.271 e. The Morgan fingerprint density at radius 2 is 2.11 bits per heavy atom. The van der Waals surface area contributed by atoms with Crippen LogP contribution in [0.5, 0.6) is 0 Å². The van der Waals surface area contributed by atoms with E-state index in [1.165, 1.54) is 0 Å². The van der Waals surface area contributed by atoms with Crippen LogP contribution in [0, 0.1) is 0 Å². The van der Waals surface area contributed by atoms with Crippen LogP contribution in [0.3, 0.4) is 0 Å². The van der Waals surface area contributed by atoms with Crippen LogP contribution in [0.4, 0.5) is 0 Å². The Bertz CT molecular complexity index is 641. The van der Waals surface area contributed by atoms with Gasteiger partial charge in [0.25, 0.3) is 0 Å². The van der Waals surface area contributed by atoms with Crippen LogP contribution >= 0.6 is 15.9 Å². The normalized spacial score (nSPS) is 13.4. The molecular weight excluding hydrogens is 330 g/mol. The number of hydrogen-bond donors (Lipinski definition) is 1. The van der Waals surface area contributed by atoms with Crippen molar-refractivity contribution in [2.75, 3.05) is 0 Å². The van der Waals surface area contributed by atoms with Crippen molar-refractivity contribution in [1.29, 1.82) is 0 Å². The molecule has 0 aliphatic carbocycles. The van der Waals surface area contributed by atoms with Crippen molar-refractivity contribution in [3.05, 3.63) is 47.2 Å². The summed E-state index contributed by atoms with van der Waals surface area (Å²) in [5, 5.41) is 4.05. The van der Waals surface area contributed by atoms with Crippen LogP contribution in [0.25, 0.3) is 0 Å². The lowest BCUT2D eigenvalue weighted by molar-refractivity contribution is 0.493.